The van der Waals surface area contributed by atoms with Gasteiger partial charge in [-0.1, -0.05) is 12.1 Å². The molecule has 1 atom stereocenters. The summed E-state index contributed by atoms with van der Waals surface area (Å²) in [5, 5.41) is 0. The lowest BCUT2D eigenvalue weighted by atomic mass is 9.97. The molecule has 1 aromatic rings. The maximum atomic E-state index is 12.8. The molecule has 0 aliphatic carbocycles. The van der Waals surface area contributed by atoms with Crippen LogP contribution in [-0.4, -0.2) is 23.9 Å². The molecule has 1 aliphatic heterocycles. The molecule has 0 spiro atoms. The highest BCUT2D eigenvalue weighted by atomic mass is 19.1. The van der Waals surface area contributed by atoms with Crippen LogP contribution in [0.5, 0.6) is 0 Å². The predicted molar refractivity (Wildman–Crippen MR) is 63.6 cm³/mol. The Labute approximate surface area is 100 Å². The monoisotopic (exact) mass is 236 g/mol. The second-order valence-electron chi connectivity index (χ2n) is 4.60. The first-order valence-electron chi connectivity index (χ1n) is 5.91. The number of piperidine rings is 1. The molecule has 1 amide bonds. The molecule has 4 heteroatoms. The Morgan fingerprint density at radius 1 is 1.41 bits per heavy atom. The Hall–Kier alpha value is -1.42. The van der Waals surface area contributed by atoms with Crippen LogP contribution in [-0.2, 0) is 11.3 Å². The van der Waals surface area contributed by atoms with Crippen LogP contribution in [0, 0.1) is 11.7 Å². The number of nitrogens with zero attached hydrogens (tertiary/aromatic N) is 1. The lowest BCUT2D eigenvalue weighted by Crippen LogP contribution is -2.40. The lowest BCUT2D eigenvalue weighted by molar-refractivity contribution is -0.123. The molecule has 0 saturated carbocycles. The third-order valence-electron chi connectivity index (χ3n) is 3.23. The van der Waals surface area contributed by atoms with Gasteiger partial charge in [-0.05, 0) is 37.1 Å². The zero-order chi connectivity index (χ0) is 12.3. The average molecular weight is 236 g/mol. The molecule has 92 valence electrons. The summed E-state index contributed by atoms with van der Waals surface area (Å²) in [6.07, 6.45) is 1.88. The van der Waals surface area contributed by atoms with E-state index in [1.165, 1.54) is 12.1 Å². The Kier molecular flexibility index (Phi) is 3.74. The van der Waals surface area contributed by atoms with E-state index in [2.05, 4.69) is 4.90 Å². The van der Waals surface area contributed by atoms with Gasteiger partial charge in [-0.15, -0.1) is 0 Å². The zero-order valence-corrected chi connectivity index (χ0v) is 9.73. The number of amides is 1. The summed E-state index contributed by atoms with van der Waals surface area (Å²) in [5.41, 5.74) is 6.39. The Morgan fingerprint density at radius 3 is 2.76 bits per heavy atom. The molecule has 0 radical (unpaired) electrons. The minimum Gasteiger partial charge on any atom is -0.369 e. The minimum atomic E-state index is -0.220. The van der Waals surface area contributed by atoms with E-state index < -0.39 is 0 Å². The lowest BCUT2D eigenvalue weighted by Gasteiger charge is -2.31. The summed E-state index contributed by atoms with van der Waals surface area (Å²) >= 11 is 0. The number of benzene rings is 1. The number of hydrogen-bond acceptors (Lipinski definition) is 2. The van der Waals surface area contributed by atoms with E-state index in [0.717, 1.165) is 31.5 Å². The van der Waals surface area contributed by atoms with Crippen molar-refractivity contribution in [2.24, 2.45) is 11.7 Å². The van der Waals surface area contributed by atoms with E-state index in [1.54, 1.807) is 12.1 Å². The number of primary amides is 1. The Balaban J connectivity index is 1.94. The first-order chi connectivity index (χ1) is 8.15. The van der Waals surface area contributed by atoms with Crippen LogP contribution >= 0.6 is 0 Å². The quantitative estimate of drug-likeness (QED) is 0.865. The van der Waals surface area contributed by atoms with Crippen LogP contribution in [0.25, 0.3) is 0 Å². The van der Waals surface area contributed by atoms with E-state index in [0.29, 0.717) is 6.54 Å². The van der Waals surface area contributed by atoms with Gasteiger partial charge in [-0.3, -0.25) is 9.69 Å². The molecule has 1 aromatic carbocycles. The Morgan fingerprint density at radius 2 is 2.12 bits per heavy atom. The second-order valence-corrected chi connectivity index (χ2v) is 4.60. The number of hydrogen-bond donors (Lipinski definition) is 1. The number of carbonyl (C=O) groups excluding carboxylic acids is 1. The smallest absolute Gasteiger partial charge is 0.221 e. The highest BCUT2D eigenvalue weighted by molar-refractivity contribution is 5.76. The number of halogens is 1. The van der Waals surface area contributed by atoms with Gasteiger partial charge in [-0.25, -0.2) is 4.39 Å². The summed E-state index contributed by atoms with van der Waals surface area (Å²) in [4.78, 5) is 13.3. The van der Waals surface area contributed by atoms with Crippen LogP contribution in [0.1, 0.15) is 18.4 Å². The molecular weight excluding hydrogens is 219 g/mol. The SMILES string of the molecule is NC(=O)[C@H]1CCCN(Cc2ccc(F)cc2)C1. The van der Waals surface area contributed by atoms with E-state index in [-0.39, 0.29) is 17.6 Å². The summed E-state index contributed by atoms with van der Waals surface area (Å²) < 4.78 is 12.8. The molecule has 1 fully saturated rings. The minimum absolute atomic E-state index is 0.0378. The molecule has 0 bridgehead atoms. The van der Waals surface area contributed by atoms with Gasteiger partial charge in [0.2, 0.25) is 5.91 Å². The molecule has 3 nitrogen and oxygen atoms in total. The maximum absolute atomic E-state index is 12.8. The van der Waals surface area contributed by atoms with E-state index in [9.17, 15) is 9.18 Å². The third-order valence-corrected chi connectivity index (χ3v) is 3.23. The van der Waals surface area contributed by atoms with Crippen molar-refractivity contribution in [3.8, 4) is 0 Å². The summed E-state index contributed by atoms with van der Waals surface area (Å²) in [6, 6.07) is 6.49. The fraction of sp³-hybridized carbons (Fsp3) is 0.462. The second kappa shape index (κ2) is 5.27. The fourth-order valence-electron chi connectivity index (χ4n) is 2.28. The molecule has 0 aromatic heterocycles. The highest BCUT2D eigenvalue weighted by Crippen LogP contribution is 2.18. The average Bonchev–Trinajstić information content (AvgIpc) is 2.32. The van der Waals surface area contributed by atoms with Crippen molar-refractivity contribution < 1.29 is 9.18 Å². The van der Waals surface area contributed by atoms with Crippen LogP contribution in [0.3, 0.4) is 0 Å². The van der Waals surface area contributed by atoms with Gasteiger partial charge >= 0.3 is 0 Å². The van der Waals surface area contributed by atoms with Gasteiger partial charge in [0.05, 0.1) is 5.92 Å². The standard InChI is InChI=1S/C13H17FN2O/c14-12-5-3-10(4-6-12)8-16-7-1-2-11(9-16)13(15)17/h3-6,11H,1-2,7-9H2,(H2,15,17)/t11-/m0/s1. The van der Waals surface area contributed by atoms with Gasteiger partial charge in [0.15, 0.2) is 0 Å². The maximum Gasteiger partial charge on any atom is 0.221 e. The summed E-state index contributed by atoms with van der Waals surface area (Å²) in [5.74, 6) is -0.472. The molecule has 2 rings (SSSR count). The number of carbonyl (C=O) groups is 1. The van der Waals surface area contributed by atoms with Crippen molar-refractivity contribution in [2.45, 2.75) is 19.4 Å². The van der Waals surface area contributed by atoms with Gasteiger partial charge in [0, 0.05) is 13.1 Å². The molecule has 0 unspecified atom stereocenters. The highest BCUT2D eigenvalue weighted by Gasteiger charge is 2.23. The van der Waals surface area contributed by atoms with Crippen molar-refractivity contribution in [1.29, 1.82) is 0 Å². The molecule has 1 aliphatic rings. The van der Waals surface area contributed by atoms with Crippen LogP contribution < -0.4 is 5.73 Å². The number of rotatable bonds is 3. The first kappa shape index (κ1) is 12.0. The van der Waals surface area contributed by atoms with E-state index >= 15 is 0 Å². The van der Waals surface area contributed by atoms with E-state index in [1.807, 2.05) is 0 Å². The Bertz CT molecular complexity index is 391. The largest absolute Gasteiger partial charge is 0.369 e. The van der Waals surface area contributed by atoms with Gasteiger partial charge in [-0.2, -0.15) is 0 Å². The predicted octanol–water partition coefficient (Wildman–Crippen LogP) is 1.52. The first-order valence-corrected chi connectivity index (χ1v) is 5.91. The number of likely N-dealkylation sites (tertiary alicyclic amines) is 1. The van der Waals surface area contributed by atoms with Crippen molar-refractivity contribution in [3.63, 3.8) is 0 Å². The zero-order valence-electron chi connectivity index (χ0n) is 9.73. The van der Waals surface area contributed by atoms with E-state index in [4.69, 9.17) is 5.73 Å². The van der Waals surface area contributed by atoms with Crippen LogP contribution in [0.2, 0.25) is 0 Å². The molecular formula is C13H17FN2O. The molecule has 1 saturated heterocycles. The molecule has 2 N–H and O–H groups in total. The normalized spacial score (nSPS) is 21.4. The van der Waals surface area contributed by atoms with Crippen LogP contribution in [0.4, 0.5) is 4.39 Å². The summed E-state index contributed by atoms with van der Waals surface area (Å²) in [7, 11) is 0. The van der Waals surface area contributed by atoms with Crippen molar-refractivity contribution in [3.05, 3.63) is 35.6 Å². The van der Waals surface area contributed by atoms with Gasteiger partial charge < -0.3 is 5.73 Å². The fourth-order valence-corrected chi connectivity index (χ4v) is 2.28. The molecule has 17 heavy (non-hydrogen) atoms. The van der Waals surface area contributed by atoms with Crippen molar-refractivity contribution in [1.82, 2.24) is 4.90 Å². The van der Waals surface area contributed by atoms with Crippen LogP contribution in [0.15, 0.2) is 24.3 Å². The number of nitrogens with two attached hydrogens (primary N) is 1. The topological polar surface area (TPSA) is 46.3 Å². The van der Waals surface area contributed by atoms with Gasteiger partial charge in [0.25, 0.3) is 0 Å². The van der Waals surface area contributed by atoms with Gasteiger partial charge in [0.1, 0.15) is 5.82 Å². The summed E-state index contributed by atoms with van der Waals surface area (Å²) in [6.45, 7) is 2.44. The van der Waals surface area contributed by atoms with Crippen molar-refractivity contribution >= 4 is 5.91 Å². The molecule has 1 heterocycles. The third kappa shape index (κ3) is 3.27. The van der Waals surface area contributed by atoms with Crippen molar-refractivity contribution in [2.75, 3.05) is 13.1 Å².